The van der Waals surface area contributed by atoms with Gasteiger partial charge in [-0.2, -0.15) is 14.9 Å². The Morgan fingerprint density at radius 3 is 2.84 bits per heavy atom. The molecule has 25 heavy (non-hydrogen) atoms. The van der Waals surface area contributed by atoms with Crippen molar-refractivity contribution in [2.45, 2.75) is 6.42 Å². The Morgan fingerprint density at radius 1 is 1.28 bits per heavy atom. The third-order valence-corrected chi connectivity index (χ3v) is 4.55. The molecule has 1 aromatic heterocycles. The number of H-pyrrole nitrogens is 1. The van der Waals surface area contributed by atoms with Crippen molar-refractivity contribution in [2.24, 2.45) is 5.10 Å². The van der Waals surface area contributed by atoms with Crippen LogP contribution in [0.1, 0.15) is 11.1 Å². The van der Waals surface area contributed by atoms with Crippen LogP contribution in [0.2, 0.25) is 0 Å². The molecule has 3 aromatic rings. The first kappa shape index (κ1) is 17.3. The Morgan fingerprint density at radius 2 is 2.08 bits per heavy atom. The Bertz CT molecular complexity index is 1010. The van der Waals surface area contributed by atoms with Gasteiger partial charge in [0.15, 0.2) is 5.82 Å². The van der Waals surface area contributed by atoms with Gasteiger partial charge in [0.1, 0.15) is 5.75 Å². The van der Waals surface area contributed by atoms with E-state index in [4.69, 9.17) is 12.2 Å². The summed E-state index contributed by atoms with van der Waals surface area (Å²) in [5.74, 6) is 0.763. The van der Waals surface area contributed by atoms with Gasteiger partial charge in [-0.25, -0.2) is 5.10 Å². The lowest BCUT2D eigenvalue weighted by Gasteiger charge is -2.05. The van der Waals surface area contributed by atoms with Crippen molar-refractivity contribution in [3.8, 4) is 17.1 Å². The van der Waals surface area contributed by atoms with Crippen LogP contribution in [-0.2, 0) is 6.42 Å². The number of aromatic hydroxyl groups is 1. The van der Waals surface area contributed by atoms with Crippen molar-refractivity contribution in [1.29, 1.82) is 0 Å². The Balaban J connectivity index is 2.03. The van der Waals surface area contributed by atoms with E-state index < -0.39 is 0 Å². The van der Waals surface area contributed by atoms with E-state index in [1.807, 2.05) is 36.4 Å². The maximum absolute atomic E-state index is 10.3. The summed E-state index contributed by atoms with van der Waals surface area (Å²) in [5, 5.41) is 21.8. The minimum atomic E-state index is 0.184. The van der Waals surface area contributed by atoms with Crippen molar-refractivity contribution in [1.82, 2.24) is 14.9 Å². The highest BCUT2D eigenvalue weighted by molar-refractivity contribution is 9.10. The van der Waals surface area contributed by atoms with Crippen LogP contribution >= 0.6 is 28.1 Å². The van der Waals surface area contributed by atoms with Crippen LogP contribution < -0.4 is 0 Å². The van der Waals surface area contributed by atoms with Crippen LogP contribution in [-0.4, -0.2) is 26.2 Å². The smallest absolute Gasteiger partial charge is 0.216 e. The first-order valence-corrected chi connectivity index (χ1v) is 8.70. The predicted molar refractivity (Wildman–Crippen MR) is 106 cm³/mol. The van der Waals surface area contributed by atoms with E-state index in [-0.39, 0.29) is 5.75 Å². The minimum Gasteiger partial charge on any atom is -0.507 e. The topological polar surface area (TPSA) is 66.2 Å². The summed E-state index contributed by atoms with van der Waals surface area (Å²) in [6, 6.07) is 13.2. The number of phenols is 1. The van der Waals surface area contributed by atoms with E-state index in [9.17, 15) is 5.11 Å². The summed E-state index contributed by atoms with van der Waals surface area (Å²) in [4.78, 5) is 0. The van der Waals surface area contributed by atoms with E-state index >= 15 is 0 Å². The second-order valence-corrected chi connectivity index (χ2v) is 6.48. The molecule has 7 heteroatoms. The Labute approximate surface area is 158 Å². The van der Waals surface area contributed by atoms with Crippen LogP contribution in [0.25, 0.3) is 11.4 Å². The maximum Gasteiger partial charge on any atom is 0.216 e. The summed E-state index contributed by atoms with van der Waals surface area (Å²) in [6.45, 7) is 3.70. The zero-order valence-electron chi connectivity index (χ0n) is 13.2. The molecule has 126 valence electrons. The fraction of sp³-hybridized carbons (Fsp3) is 0.0556. The molecule has 0 fully saturated rings. The monoisotopic (exact) mass is 414 g/mol. The Hall–Kier alpha value is -2.51. The number of rotatable bonds is 5. The van der Waals surface area contributed by atoms with Crippen LogP contribution in [0.3, 0.4) is 0 Å². The fourth-order valence-electron chi connectivity index (χ4n) is 2.37. The summed E-state index contributed by atoms with van der Waals surface area (Å²) in [5.41, 5.74) is 2.25. The number of allylic oxidation sites excluding steroid dienone is 1. The lowest BCUT2D eigenvalue weighted by atomic mass is 10.1. The molecule has 5 nitrogen and oxygen atoms in total. The van der Waals surface area contributed by atoms with Gasteiger partial charge in [0.25, 0.3) is 0 Å². The molecule has 0 aliphatic carbocycles. The first-order valence-electron chi connectivity index (χ1n) is 7.50. The number of aromatic amines is 1. The molecule has 1 heterocycles. The number of phenolic OH excluding ortho intramolecular Hbond substituents is 1. The van der Waals surface area contributed by atoms with Crippen molar-refractivity contribution in [2.75, 3.05) is 0 Å². The average molecular weight is 415 g/mol. The van der Waals surface area contributed by atoms with Crippen molar-refractivity contribution >= 4 is 34.4 Å². The number of nitrogens with zero attached hydrogens (tertiary/aromatic N) is 3. The molecule has 2 N–H and O–H groups in total. The molecule has 0 bridgehead atoms. The number of hydrogen-bond donors (Lipinski definition) is 2. The molecule has 0 spiro atoms. The number of halogens is 1. The van der Waals surface area contributed by atoms with E-state index in [1.165, 1.54) is 4.68 Å². The normalized spacial score (nSPS) is 11.1. The van der Waals surface area contributed by atoms with Crippen molar-refractivity contribution in [3.05, 3.63) is 75.5 Å². The van der Waals surface area contributed by atoms with Crippen LogP contribution in [0.4, 0.5) is 0 Å². The lowest BCUT2D eigenvalue weighted by Crippen LogP contribution is -1.96. The molecule has 0 saturated heterocycles. The molecule has 0 radical (unpaired) electrons. The van der Waals surface area contributed by atoms with Gasteiger partial charge in [-0.15, -0.1) is 6.58 Å². The van der Waals surface area contributed by atoms with Crippen LogP contribution in [0.15, 0.2) is 64.7 Å². The second-order valence-electron chi connectivity index (χ2n) is 5.24. The largest absolute Gasteiger partial charge is 0.507 e. The SMILES string of the molecule is C=CCc1cccc(/C=N\n2c(-c3ccccc3Br)n[nH]c2=S)c1O. The summed E-state index contributed by atoms with van der Waals surface area (Å²) < 4.78 is 2.77. The lowest BCUT2D eigenvalue weighted by molar-refractivity contribution is 0.469. The molecular formula is C18H15BrN4OS. The first-order chi connectivity index (χ1) is 12.1. The molecule has 0 amide bonds. The van der Waals surface area contributed by atoms with Gasteiger partial charge in [0.2, 0.25) is 4.77 Å². The third kappa shape index (κ3) is 3.62. The number of nitrogens with one attached hydrogen (secondary N) is 1. The van der Waals surface area contributed by atoms with Gasteiger partial charge < -0.3 is 5.11 Å². The van der Waals surface area contributed by atoms with E-state index in [2.05, 4.69) is 37.8 Å². The molecule has 2 aromatic carbocycles. The van der Waals surface area contributed by atoms with Crippen LogP contribution in [0.5, 0.6) is 5.75 Å². The minimum absolute atomic E-state index is 0.184. The highest BCUT2D eigenvalue weighted by Gasteiger charge is 2.11. The maximum atomic E-state index is 10.3. The fourth-order valence-corrected chi connectivity index (χ4v) is 3.01. The molecule has 3 rings (SSSR count). The van der Waals surface area contributed by atoms with Gasteiger partial charge in [0.05, 0.1) is 6.21 Å². The third-order valence-electron chi connectivity index (χ3n) is 3.59. The van der Waals surface area contributed by atoms with Gasteiger partial charge >= 0.3 is 0 Å². The standard InChI is InChI=1S/C18H15BrN4OS/c1-2-6-12-7-5-8-13(16(12)24)11-20-23-17(21-22-18(23)25)14-9-3-4-10-15(14)19/h2-5,7-11,24H,1,6H2,(H,22,25)/b20-11-. The average Bonchev–Trinajstić information content (AvgIpc) is 2.97. The van der Waals surface area contributed by atoms with Crippen molar-refractivity contribution in [3.63, 3.8) is 0 Å². The highest BCUT2D eigenvalue weighted by atomic mass is 79.9. The summed E-state index contributed by atoms with van der Waals surface area (Å²) in [7, 11) is 0. The molecule has 0 aliphatic rings. The van der Waals surface area contributed by atoms with Crippen molar-refractivity contribution < 1.29 is 5.11 Å². The number of aromatic nitrogens is 3. The quantitative estimate of drug-likeness (QED) is 0.361. The second kappa shape index (κ2) is 7.58. The summed E-state index contributed by atoms with van der Waals surface area (Å²) >= 11 is 8.78. The number of para-hydroxylation sites is 1. The van der Waals surface area contributed by atoms with Gasteiger partial charge in [-0.3, -0.25) is 0 Å². The van der Waals surface area contributed by atoms with Gasteiger partial charge in [-0.1, -0.05) is 46.3 Å². The molecule has 0 unspecified atom stereocenters. The van der Waals surface area contributed by atoms with Gasteiger partial charge in [0, 0.05) is 15.6 Å². The zero-order valence-corrected chi connectivity index (χ0v) is 15.6. The highest BCUT2D eigenvalue weighted by Crippen LogP contribution is 2.27. The van der Waals surface area contributed by atoms with E-state index in [0.717, 1.165) is 15.6 Å². The molecule has 0 saturated carbocycles. The number of benzene rings is 2. The molecular weight excluding hydrogens is 400 g/mol. The van der Waals surface area contributed by atoms with E-state index in [0.29, 0.717) is 22.6 Å². The molecule has 0 atom stereocenters. The molecule has 0 aliphatic heterocycles. The predicted octanol–water partition coefficient (Wildman–Crippen LogP) is 4.69. The number of hydrogen-bond acceptors (Lipinski definition) is 4. The van der Waals surface area contributed by atoms with Crippen LogP contribution in [0, 0.1) is 4.77 Å². The summed E-state index contributed by atoms with van der Waals surface area (Å²) in [6.07, 6.45) is 3.89. The van der Waals surface area contributed by atoms with E-state index in [1.54, 1.807) is 18.4 Å². The van der Waals surface area contributed by atoms with Gasteiger partial charge in [-0.05, 0) is 42.4 Å². The zero-order chi connectivity index (χ0) is 17.8. The Kier molecular flexibility index (Phi) is 5.25.